The molecule has 10 atom stereocenters. The summed E-state index contributed by atoms with van der Waals surface area (Å²) in [6, 6.07) is 7.84. The molecule has 15 nitrogen and oxygen atoms in total. The number of ketones is 1. The van der Waals surface area contributed by atoms with Crippen LogP contribution in [0.4, 0.5) is 0 Å². The predicted octanol–water partition coefficient (Wildman–Crippen LogP) is 1.73. The largest absolute Gasteiger partial charge is 0.456 e. The molecule has 1 aromatic carbocycles. The summed E-state index contributed by atoms with van der Waals surface area (Å²) in [5, 5.41) is 38.6. The average molecular weight is 758 g/mol. The van der Waals surface area contributed by atoms with Gasteiger partial charge in [-0.15, -0.1) is 0 Å². The second-order valence-corrected chi connectivity index (χ2v) is 16.7. The Hall–Kier alpha value is -4.18. The van der Waals surface area contributed by atoms with E-state index in [1.54, 1.807) is 52.8 Å². The molecule has 2 bridgehead atoms. The van der Waals surface area contributed by atoms with Gasteiger partial charge in [0.05, 0.1) is 36.2 Å². The number of fused-ring (bicyclic) bond motifs is 5. The number of aliphatic hydroxyl groups excluding tert-OH is 2. The molecule has 1 unspecified atom stereocenters. The van der Waals surface area contributed by atoms with Crippen LogP contribution in [0.1, 0.15) is 85.5 Å². The topological polar surface area (TPSA) is 221 Å². The Bertz CT molecular complexity index is 1750. The summed E-state index contributed by atoms with van der Waals surface area (Å²) in [5.74, 6) is -6.55. The minimum atomic E-state index is -2.34. The summed E-state index contributed by atoms with van der Waals surface area (Å²) < 4.78 is 29.7. The number of carbonyl (C=O) groups is 6. The molecular formula is C39H51NO14. The standard InChI is InChI=1S/C39H51NO14/c1-19-24(52-33(47)23(43)17-40-34(48)35(4,5)6)16-39(49)31(53-32(46)22-13-11-10-12-14-22)29-37(9,25(44)15-26-38(29,18-50-26)54-21(3)42)30(45)28(51-20(2)41)27(19)36(39,7)8/h10-14,23-26,28-29,31,43-44,49H,15-18H2,1-9H3,(H,40,48)/t23-,24+,25+,26-,28-,29?,31+,37-,38+,39-/m1/s1. The number of hydrogen-bond donors (Lipinski definition) is 4. The second-order valence-electron chi connectivity index (χ2n) is 16.7. The van der Waals surface area contributed by atoms with Crippen molar-refractivity contribution in [3.8, 4) is 0 Å². The van der Waals surface area contributed by atoms with Crippen LogP contribution < -0.4 is 5.32 Å². The first-order valence-corrected chi connectivity index (χ1v) is 18.0. The van der Waals surface area contributed by atoms with E-state index in [2.05, 4.69) is 5.32 Å². The Morgan fingerprint density at radius 2 is 1.63 bits per heavy atom. The van der Waals surface area contributed by atoms with Crippen molar-refractivity contribution in [3.05, 3.63) is 47.0 Å². The van der Waals surface area contributed by atoms with Crippen molar-refractivity contribution in [2.75, 3.05) is 13.2 Å². The molecule has 5 rings (SSSR count). The fourth-order valence-electron chi connectivity index (χ4n) is 8.77. The van der Waals surface area contributed by atoms with Gasteiger partial charge >= 0.3 is 23.9 Å². The predicted molar refractivity (Wildman–Crippen MR) is 187 cm³/mol. The van der Waals surface area contributed by atoms with E-state index >= 15 is 4.79 Å². The average Bonchev–Trinajstić information content (AvgIpc) is 3.07. The molecule has 1 saturated heterocycles. The highest BCUT2D eigenvalue weighted by Gasteiger charge is 2.78. The van der Waals surface area contributed by atoms with Crippen molar-refractivity contribution >= 4 is 35.6 Å². The molecule has 0 radical (unpaired) electrons. The van der Waals surface area contributed by atoms with Crippen LogP contribution in [0.3, 0.4) is 0 Å². The zero-order valence-electron chi connectivity index (χ0n) is 32.1. The third-order valence-electron chi connectivity index (χ3n) is 11.9. The Morgan fingerprint density at radius 1 is 1.00 bits per heavy atom. The molecule has 15 heteroatoms. The zero-order chi connectivity index (χ0) is 40.3. The lowest BCUT2D eigenvalue weighted by Gasteiger charge is -2.67. The third-order valence-corrected chi connectivity index (χ3v) is 11.9. The van der Waals surface area contributed by atoms with Gasteiger partial charge in [-0.2, -0.15) is 0 Å². The van der Waals surface area contributed by atoms with Crippen molar-refractivity contribution in [1.29, 1.82) is 0 Å². The number of benzene rings is 1. The Morgan fingerprint density at radius 3 is 2.17 bits per heavy atom. The highest BCUT2D eigenvalue weighted by atomic mass is 16.6. The fraction of sp³-hybridized carbons (Fsp3) is 0.641. The first-order chi connectivity index (χ1) is 24.9. The first kappa shape index (κ1) is 41.0. The van der Waals surface area contributed by atoms with Gasteiger partial charge in [0.2, 0.25) is 5.91 Å². The lowest BCUT2D eigenvalue weighted by Crippen LogP contribution is -2.82. The van der Waals surface area contributed by atoms with Crippen molar-refractivity contribution in [3.63, 3.8) is 0 Å². The second kappa shape index (κ2) is 14.2. The molecule has 1 heterocycles. The molecule has 0 aromatic heterocycles. The van der Waals surface area contributed by atoms with E-state index in [0.717, 1.165) is 13.8 Å². The summed E-state index contributed by atoms with van der Waals surface area (Å²) in [4.78, 5) is 80.8. The number of esters is 4. The Labute approximate surface area is 313 Å². The quantitative estimate of drug-likeness (QED) is 0.169. The van der Waals surface area contributed by atoms with Crippen molar-refractivity contribution in [2.45, 2.75) is 123 Å². The Balaban J connectivity index is 1.74. The molecule has 4 N–H and O–H groups in total. The molecule has 3 aliphatic carbocycles. The Kier molecular flexibility index (Phi) is 10.7. The van der Waals surface area contributed by atoms with E-state index in [9.17, 15) is 39.3 Å². The molecule has 0 spiro atoms. The first-order valence-electron chi connectivity index (χ1n) is 18.0. The van der Waals surface area contributed by atoms with Gasteiger partial charge in [0.15, 0.2) is 23.6 Å². The maximum absolute atomic E-state index is 15.2. The van der Waals surface area contributed by atoms with E-state index in [4.69, 9.17) is 23.7 Å². The van der Waals surface area contributed by atoms with Gasteiger partial charge in [0.25, 0.3) is 0 Å². The number of Topliss-reactive ketones (excluding diaryl/α,β-unsaturated/α-hetero) is 1. The van der Waals surface area contributed by atoms with Crippen LogP contribution in [-0.4, -0.2) is 112 Å². The van der Waals surface area contributed by atoms with E-state index in [1.807, 2.05) is 0 Å². The minimum absolute atomic E-state index is 0.0194. The molecule has 2 saturated carbocycles. The third kappa shape index (κ3) is 6.62. The number of rotatable bonds is 8. The maximum Gasteiger partial charge on any atom is 0.338 e. The molecule has 3 fully saturated rings. The molecular weight excluding hydrogens is 706 g/mol. The number of nitrogens with one attached hydrogen (secondary N) is 1. The monoisotopic (exact) mass is 757 g/mol. The molecule has 54 heavy (non-hydrogen) atoms. The normalized spacial score (nSPS) is 34.7. The van der Waals surface area contributed by atoms with Gasteiger partial charge in [0.1, 0.15) is 23.9 Å². The number of ether oxygens (including phenoxy) is 5. The van der Waals surface area contributed by atoms with E-state index in [-0.39, 0.29) is 29.7 Å². The van der Waals surface area contributed by atoms with Crippen LogP contribution in [0.5, 0.6) is 0 Å². The van der Waals surface area contributed by atoms with Gasteiger partial charge in [-0.3, -0.25) is 19.2 Å². The lowest BCUT2D eigenvalue weighted by molar-refractivity contribution is -0.346. The van der Waals surface area contributed by atoms with Crippen molar-refractivity contribution in [2.24, 2.45) is 22.2 Å². The van der Waals surface area contributed by atoms with Crippen LogP contribution in [0.25, 0.3) is 0 Å². The van der Waals surface area contributed by atoms with Gasteiger partial charge in [-0.05, 0) is 37.1 Å². The number of amides is 1. The number of aliphatic hydroxyl groups is 3. The number of carbonyl (C=O) groups excluding carboxylic acids is 6. The van der Waals surface area contributed by atoms with E-state index in [1.165, 1.54) is 26.0 Å². The lowest BCUT2D eigenvalue weighted by atomic mass is 9.44. The fourth-order valence-corrected chi connectivity index (χ4v) is 8.77. The van der Waals surface area contributed by atoms with E-state index < -0.39 is 119 Å². The molecule has 1 amide bonds. The van der Waals surface area contributed by atoms with Crippen molar-refractivity contribution < 1.29 is 67.8 Å². The van der Waals surface area contributed by atoms with Gasteiger partial charge < -0.3 is 44.3 Å². The van der Waals surface area contributed by atoms with Crippen LogP contribution in [0.15, 0.2) is 41.5 Å². The molecule has 1 aliphatic heterocycles. The van der Waals surface area contributed by atoms with Crippen LogP contribution >= 0.6 is 0 Å². The summed E-state index contributed by atoms with van der Waals surface area (Å²) in [7, 11) is 0. The van der Waals surface area contributed by atoms with Gasteiger partial charge in [-0.1, -0.05) is 52.8 Å². The minimum Gasteiger partial charge on any atom is -0.456 e. The van der Waals surface area contributed by atoms with E-state index in [0.29, 0.717) is 0 Å². The SMILES string of the molecule is CC(=O)O[C@H]1C(=O)[C@@]2(C)C([C@H](OC(=O)c3ccccc3)[C@]3(O)C[C@H](OC(=O)[C@H](O)CNC(=O)C(C)(C)C)C(C)=C1C3(C)C)[C@]1(OC(C)=O)CO[C@@H]1C[C@@H]2O. The summed E-state index contributed by atoms with van der Waals surface area (Å²) >= 11 is 0. The summed E-state index contributed by atoms with van der Waals surface area (Å²) in [5.41, 5.74) is -8.23. The highest BCUT2D eigenvalue weighted by Crippen LogP contribution is 2.64. The van der Waals surface area contributed by atoms with Crippen LogP contribution in [0.2, 0.25) is 0 Å². The van der Waals surface area contributed by atoms with Crippen molar-refractivity contribution in [1.82, 2.24) is 5.32 Å². The highest BCUT2D eigenvalue weighted by molar-refractivity contribution is 5.95. The summed E-state index contributed by atoms with van der Waals surface area (Å²) in [6.07, 6.45) is -10.1. The zero-order valence-corrected chi connectivity index (χ0v) is 32.1. The summed E-state index contributed by atoms with van der Waals surface area (Å²) in [6.45, 7) is 12.4. The molecule has 4 aliphatic rings. The number of hydrogen-bond acceptors (Lipinski definition) is 14. The maximum atomic E-state index is 15.2. The smallest absolute Gasteiger partial charge is 0.338 e. The molecule has 296 valence electrons. The van der Waals surface area contributed by atoms with Crippen LogP contribution in [0, 0.1) is 22.2 Å². The molecule has 1 aromatic rings. The van der Waals surface area contributed by atoms with Gasteiger partial charge in [0, 0.05) is 37.5 Å². The van der Waals surface area contributed by atoms with Gasteiger partial charge in [-0.25, -0.2) is 9.59 Å². The van der Waals surface area contributed by atoms with Crippen LogP contribution in [-0.2, 0) is 47.7 Å².